The van der Waals surface area contributed by atoms with Gasteiger partial charge in [0.2, 0.25) is 0 Å². The predicted octanol–water partition coefficient (Wildman–Crippen LogP) is 1.74. The van der Waals surface area contributed by atoms with Crippen LogP contribution in [0.4, 0.5) is 0 Å². The fourth-order valence-corrected chi connectivity index (χ4v) is 1.99. The molecule has 5 heteroatoms. The molecule has 2 N–H and O–H groups in total. The van der Waals surface area contributed by atoms with Gasteiger partial charge in [-0.2, -0.15) is 0 Å². The summed E-state index contributed by atoms with van der Waals surface area (Å²) < 4.78 is 10.4. The van der Waals surface area contributed by atoms with Crippen LogP contribution in [-0.4, -0.2) is 39.3 Å². The van der Waals surface area contributed by atoms with E-state index in [4.69, 9.17) is 9.47 Å². The number of carbonyl (C=O) groups is 1. The van der Waals surface area contributed by atoms with E-state index in [1.807, 2.05) is 26.8 Å². The minimum Gasteiger partial charge on any atom is -0.493 e. The van der Waals surface area contributed by atoms with Crippen molar-refractivity contribution in [3.8, 4) is 11.5 Å². The van der Waals surface area contributed by atoms with E-state index in [2.05, 4.69) is 10.6 Å². The van der Waals surface area contributed by atoms with Crippen molar-refractivity contribution in [3.05, 3.63) is 23.3 Å². The van der Waals surface area contributed by atoms with Crippen LogP contribution in [0.3, 0.4) is 0 Å². The third-order valence-electron chi connectivity index (χ3n) is 3.10. The quantitative estimate of drug-likeness (QED) is 0.799. The Morgan fingerprint density at radius 1 is 1.25 bits per heavy atom. The second-order valence-electron chi connectivity index (χ2n) is 4.69. The summed E-state index contributed by atoms with van der Waals surface area (Å²) >= 11 is 0. The van der Waals surface area contributed by atoms with Crippen LogP contribution in [0, 0.1) is 6.92 Å². The Balaban J connectivity index is 2.82. The zero-order valence-corrected chi connectivity index (χ0v) is 12.9. The van der Waals surface area contributed by atoms with Crippen molar-refractivity contribution in [2.45, 2.75) is 26.8 Å². The molecule has 0 fully saturated rings. The first-order valence-electron chi connectivity index (χ1n) is 6.77. The minimum absolute atomic E-state index is 0.104. The Morgan fingerprint density at radius 2 is 1.85 bits per heavy atom. The van der Waals surface area contributed by atoms with Crippen LogP contribution < -0.4 is 20.1 Å². The first kappa shape index (κ1) is 16.3. The lowest BCUT2D eigenvalue weighted by Gasteiger charge is -2.15. The lowest BCUT2D eigenvalue weighted by Crippen LogP contribution is -2.39. The number of nitrogens with one attached hydrogen (secondary N) is 2. The average Bonchev–Trinajstić information content (AvgIpc) is 2.44. The van der Waals surface area contributed by atoms with E-state index in [-0.39, 0.29) is 11.9 Å². The molecular formula is C15H24N2O3. The number of rotatable bonds is 7. The highest BCUT2D eigenvalue weighted by Gasteiger charge is 2.14. The Labute approximate surface area is 120 Å². The van der Waals surface area contributed by atoms with Crippen molar-refractivity contribution in [3.63, 3.8) is 0 Å². The van der Waals surface area contributed by atoms with E-state index in [1.54, 1.807) is 20.3 Å². The molecule has 1 amide bonds. The maximum absolute atomic E-state index is 12.2. The molecule has 0 heterocycles. The minimum atomic E-state index is -0.104. The monoisotopic (exact) mass is 280 g/mol. The van der Waals surface area contributed by atoms with Gasteiger partial charge in [0.25, 0.3) is 5.91 Å². The third-order valence-corrected chi connectivity index (χ3v) is 3.10. The summed E-state index contributed by atoms with van der Waals surface area (Å²) in [7, 11) is 3.14. The number of carbonyl (C=O) groups excluding carboxylic acids is 1. The van der Waals surface area contributed by atoms with E-state index in [1.165, 1.54) is 0 Å². The van der Waals surface area contributed by atoms with Crippen molar-refractivity contribution in [1.29, 1.82) is 0 Å². The molecule has 0 aliphatic carbocycles. The SMILES string of the molecule is CCN[C@H](C)CNC(=O)c1cc(OC)c(OC)cc1C. The number of ether oxygens (including phenoxy) is 2. The van der Waals surface area contributed by atoms with Crippen molar-refractivity contribution in [2.24, 2.45) is 0 Å². The van der Waals surface area contributed by atoms with Crippen LogP contribution in [0.25, 0.3) is 0 Å². The van der Waals surface area contributed by atoms with E-state index in [0.717, 1.165) is 12.1 Å². The molecule has 0 aliphatic heterocycles. The fraction of sp³-hybridized carbons (Fsp3) is 0.533. The molecule has 1 rings (SSSR count). The molecule has 0 aliphatic rings. The number of hydrogen-bond donors (Lipinski definition) is 2. The summed E-state index contributed by atoms with van der Waals surface area (Å²) in [4.78, 5) is 12.2. The molecule has 1 atom stereocenters. The lowest BCUT2D eigenvalue weighted by molar-refractivity contribution is 0.0949. The summed E-state index contributed by atoms with van der Waals surface area (Å²) in [6.45, 7) is 7.42. The smallest absolute Gasteiger partial charge is 0.251 e. The highest BCUT2D eigenvalue weighted by molar-refractivity contribution is 5.96. The van der Waals surface area contributed by atoms with Gasteiger partial charge in [-0.25, -0.2) is 0 Å². The number of likely N-dealkylation sites (N-methyl/N-ethyl adjacent to an activating group) is 1. The van der Waals surface area contributed by atoms with E-state index >= 15 is 0 Å². The Morgan fingerprint density at radius 3 is 2.40 bits per heavy atom. The first-order valence-corrected chi connectivity index (χ1v) is 6.77. The van der Waals surface area contributed by atoms with Crippen molar-refractivity contribution in [1.82, 2.24) is 10.6 Å². The standard InChI is InChI=1S/C15H24N2O3/c1-6-16-11(3)9-17-15(18)12-8-14(20-5)13(19-4)7-10(12)2/h7-8,11,16H,6,9H2,1-5H3,(H,17,18)/t11-/m1/s1. The topological polar surface area (TPSA) is 59.6 Å². The van der Waals surface area contributed by atoms with Crippen molar-refractivity contribution >= 4 is 5.91 Å². The van der Waals surface area contributed by atoms with Crippen LogP contribution in [0.2, 0.25) is 0 Å². The number of methoxy groups -OCH3 is 2. The molecule has 0 spiro atoms. The van der Waals surface area contributed by atoms with E-state index < -0.39 is 0 Å². The molecule has 112 valence electrons. The normalized spacial score (nSPS) is 11.8. The fourth-order valence-electron chi connectivity index (χ4n) is 1.99. The van der Waals surface area contributed by atoms with Crippen LogP contribution in [0.1, 0.15) is 29.8 Å². The van der Waals surface area contributed by atoms with Crippen molar-refractivity contribution < 1.29 is 14.3 Å². The lowest BCUT2D eigenvalue weighted by atomic mass is 10.1. The van der Waals surface area contributed by atoms with Gasteiger partial charge < -0.3 is 20.1 Å². The second-order valence-corrected chi connectivity index (χ2v) is 4.69. The summed E-state index contributed by atoms with van der Waals surface area (Å²) in [5.41, 5.74) is 1.46. The molecular weight excluding hydrogens is 256 g/mol. The number of benzene rings is 1. The van der Waals surface area contributed by atoms with Gasteiger partial charge in [-0.3, -0.25) is 4.79 Å². The second kappa shape index (κ2) is 7.75. The summed E-state index contributed by atoms with van der Waals surface area (Å²) in [5, 5.41) is 6.16. The van der Waals surface area contributed by atoms with E-state index in [0.29, 0.717) is 23.6 Å². The van der Waals surface area contributed by atoms with Gasteiger partial charge in [0.1, 0.15) is 0 Å². The first-order chi connectivity index (χ1) is 9.53. The molecule has 1 aromatic carbocycles. The van der Waals surface area contributed by atoms with Gasteiger partial charge in [0.15, 0.2) is 11.5 Å². The highest BCUT2D eigenvalue weighted by atomic mass is 16.5. The van der Waals surface area contributed by atoms with E-state index in [9.17, 15) is 4.79 Å². The zero-order valence-electron chi connectivity index (χ0n) is 12.9. The Kier molecular flexibility index (Phi) is 6.31. The molecule has 0 aromatic heterocycles. The largest absolute Gasteiger partial charge is 0.493 e. The number of aryl methyl sites for hydroxylation is 1. The predicted molar refractivity (Wildman–Crippen MR) is 79.8 cm³/mol. The molecule has 0 saturated carbocycles. The van der Waals surface area contributed by atoms with Gasteiger partial charge in [0, 0.05) is 18.2 Å². The summed E-state index contributed by atoms with van der Waals surface area (Å²) in [6, 6.07) is 3.76. The maximum Gasteiger partial charge on any atom is 0.251 e. The molecule has 0 bridgehead atoms. The molecule has 20 heavy (non-hydrogen) atoms. The summed E-state index contributed by atoms with van der Waals surface area (Å²) in [5.74, 6) is 1.08. The maximum atomic E-state index is 12.2. The molecule has 5 nitrogen and oxygen atoms in total. The number of amides is 1. The van der Waals surface area contributed by atoms with Gasteiger partial charge in [-0.1, -0.05) is 6.92 Å². The zero-order chi connectivity index (χ0) is 15.1. The van der Waals surface area contributed by atoms with Gasteiger partial charge in [-0.15, -0.1) is 0 Å². The molecule has 0 radical (unpaired) electrons. The van der Waals surface area contributed by atoms with Gasteiger partial charge in [-0.05, 0) is 38.1 Å². The average molecular weight is 280 g/mol. The van der Waals surface area contributed by atoms with Gasteiger partial charge in [0.05, 0.1) is 14.2 Å². The van der Waals surface area contributed by atoms with Gasteiger partial charge >= 0.3 is 0 Å². The Hall–Kier alpha value is -1.75. The molecule has 1 aromatic rings. The molecule has 0 saturated heterocycles. The number of hydrogen-bond acceptors (Lipinski definition) is 4. The summed E-state index contributed by atoms with van der Waals surface area (Å²) in [6.07, 6.45) is 0. The Bertz CT molecular complexity index is 461. The highest BCUT2D eigenvalue weighted by Crippen LogP contribution is 2.30. The van der Waals surface area contributed by atoms with Crippen LogP contribution >= 0.6 is 0 Å². The van der Waals surface area contributed by atoms with Crippen LogP contribution in [0.5, 0.6) is 11.5 Å². The van der Waals surface area contributed by atoms with Crippen molar-refractivity contribution in [2.75, 3.05) is 27.3 Å². The van der Waals surface area contributed by atoms with Crippen LogP contribution in [0.15, 0.2) is 12.1 Å². The third kappa shape index (κ3) is 4.13. The van der Waals surface area contributed by atoms with Crippen LogP contribution in [-0.2, 0) is 0 Å². The molecule has 0 unspecified atom stereocenters.